The highest BCUT2D eigenvalue weighted by Gasteiger charge is 2.29. The lowest BCUT2D eigenvalue weighted by atomic mass is 9.97. The second-order valence-corrected chi connectivity index (χ2v) is 8.70. The Morgan fingerprint density at radius 1 is 1.29 bits per heavy atom. The van der Waals surface area contributed by atoms with Gasteiger partial charge in [0.25, 0.3) is 5.91 Å². The lowest BCUT2D eigenvalue weighted by molar-refractivity contribution is -0.135. The number of fused-ring (bicyclic) bond motifs is 1. The molecule has 1 saturated heterocycles. The van der Waals surface area contributed by atoms with Crippen LogP contribution in [0.2, 0.25) is 0 Å². The van der Waals surface area contributed by atoms with Crippen LogP contribution < -0.4 is 10.2 Å². The molecule has 0 aliphatic carbocycles. The van der Waals surface area contributed by atoms with Crippen molar-refractivity contribution in [2.45, 2.75) is 33.2 Å². The Bertz CT molecular complexity index is 1020. The van der Waals surface area contributed by atoms with E-state index in [2.05, 4.69) is 25.2 Å². The molecule has 1 fully saturated rings. The fourth-order valence-electron chi connectivity index (χ4n) is 4.00. The van der Waals surface area contributed by atoms with Gasteiger partial charge in [-0.05, 0) is 38.8 Å². The maximum Gasteiger partial charge on any atom is 0.263 e. The van der Waals surface area contributed by atoms with Gasteiger partial charge in [0.2, 0.25) is 5.91 Å². The third-order valence-corrected chi connectivity index (χ3v) is 6.75. The van der Waals surface area contributed by atoms with Gasteiger partial charge in [0, 0.05) is 26.2 Å². The zero-order valence-electron chi connectivity index (χ0n) is 17.9. The molecule has 31 heavy (non-hydrogen) atoms. The zero-order valence-corrected chi connectivity index (χ0v) is 18.7. The van der Waals surface area contributed by atoms with Crippen molar-refractivity contribution < 1.29 is 9.59 Å². The average molecular weight is 441 g/mol. The number of imidazole rings is 1. The van der Waals surface area contributed by atoms with Gasteiger partial charge in [0.15, 0.2) is 5.13 Å². The van der Waals surface area contributed by atoms with Gasteiger partial charge in [0.05, 0.1) is 29.7 Å². The third-order valence-electron chi connectivity index (χ3n) is 5.69. The van der Waals surface area contributed by atoms with Crippen LogP contribution in [0.15, 0.2) is 30.5 Å². The number of carbonyl (C=O) groups excluding carboxylic acids is 2. The van der Waals surface area contributed by atoms with Crippen molar-refractivity contribution in [3.63, 3.8) is 0 Å². The molecule has 4 rings (SSSR count). The number of benzene rings is 1. The summed E-state index contributed by atoms with van der Waals surface area (Å²) in [5, 5.41) is 3.71. The van der Waals surface area contributed by atoms with Crippen LogP contribution in [0.25, 0.3) is 11.0 Å². The van der Waals surface area contributed by atoms with Crippen LogP contribution in [0, 0.1) is 5.92 Å². The van der Waals surface area contributed by atoms with Crippen LogP contribution in [0.4, 0.5) is 5.13 Å². The normalized spacial score (nSPS) is 16.5. The van der Waals surface area contributed by atoms with E-state index in [9.17, 15) is 9.59 Å². The highest BCUT2D eigenvalue weighted by molar-refractivity contribution is 7.17. The molecule has 1 aromatic carbocycles. The van der Waals surface area contributed by atoms with Gasteiger partial charge >= 0.3 is 0 Å². The molecule has 3 heterocycles. The first-order valence-electron chi connectivity index (χ1n) is 10.8. The first-order chi connectivity index (χ1) is 15.1. The summed E-state index contributed by atoms with van der Waals surface area (Å²) >= 11 is 1.37. The molecule has 8 nitrogen and oxygen atoms in total. The number of para-hydroxylation sites is 2. The molecule has 1 atom stereocenters. The number of aromatic amines is 1. The Morgan fingerprint density at radius 3 is 2.87 bits per heavy atom. The molecule has 0 radical (unpaired) electrons. The minimum Gasteiger partial charge on any atom is -0.347 e. The quantitative estimate of drug-likeness (QED) is 0.589. The maximum absolute atomic E-state index is 12.7. The van der Waals surface area contributed by atoms with Gasteiger partial charge in [-0.2, -0.15) is 0 Å². The number of rotatable bonds is 7. The maximum atomic E-state index is 12.7. The first-order valence-corrected chi connectivity index (χ1v) is 11.6. The van der Waals surface area contributed by atoms with Crippen LogP contribution in [-0.4, -0.2) is 57.8 Å². The molecule has 2 N–H and O–H groups in total. The lowest BCUT2D eigenvalue weighted by Gasteiger charge is -2.34. The predicted molar refractivity (Wildman–Crippen MR) is 122 cm³/mol. The van der Waals surface area contributed by atoms with Crippen LogP contribution in [-0.2, 0) is 11.3 Å². The largest absolute Gasteiger partial charge is 0.347 e. The average Bonchev–Trinajstić information content (AvgIpc) is 3.45. The molecule has 164 valence electrons. The van der Waals surface area contributed by atoms with Crippen LogP contribution in [0.5, 0.6) is 0 Å². The van der Waals surface area contributed by atoms with Crippen molar-refractivity contribution in [1.82, 2.24) is 25.2 Å². The Labute approximate surface area is 185 Å². The second kappa shape index (κ2) is 9.47. The van der Waals surface area contributed by atoms with Gasteiger partial charge in [-0.25, -0.2) is 9.97 Å². The summed E-state index contributed by atoms with van der Waals surface area (Å²) in [5.41, 5.74) is 1.83. The summed E-state index contributed by atoms with van der Waals surface area (Å²) in [6, 6.07) is 7.77. The van der Waals surface area contributed by atoms with Crippen LogP contribution in [0.1, 0.15) is 42.2 Å². The van der Waals surface area contributed by atoms with Gasteiger partial charge in [-0.3, -0.25) is 9.59 Å². The molecule has 0 spiro atoms. The summed E-state index contributed by atoms with van der Waals surface area (Å²) in [5.74, 6) is 0.753. The van der Waals surface area contributed by atoms with E-state index in [1.807, 2.05) is 43.0 Å². The Kier molecular flexibility index (Phi) is 6.50. The van der Waals surface area contributed by atoms with Crippen molar-refractivity contribution in [2.75, 3.05) is 31.1 Å². The van der Waals surface area contributed by atoms with E-state index in [1.165, 1.54) is 11.3 Å². The van der Waals surface area contributed by atoms with E-state index in [1.54, 1.807) is 6.20 Å². The Morgan fingerprint density at radius 2 is 2.10 bits per heavy atom. The summed E-state index contributed by atoms with van der Waals surface area (Å²) in [6.07, 6.45) is 3.47. The van der Waals surface area contributed by atoms with E-state index >= 15 is 0 Å². The first kappa shape index (κ1) is 21.3. The van der Waals surface area contributed by atoms with E-state index in [0.29, 0.717) is 23.8 Å². The van der Waals surface area contributed by atoms with Gasteiger partial charge in [-0.15, -0.1) is 0 Å². The van der Waals surface area contributed by atoms with Gasteiger partial charge < -0.3 is 20.1 Å². The minimum absolute atomic E-state index is 0.0112. The molecule has 1 aliphatic rings. The molecule has 1 unspecified atom stereocenters. The monoisotopic (exact) mass is 440 g/mol. The highest BCUT2D eigenvalue weighted by atomic mass is 32.1. The lowest BCUT2D eigenvalue weighted by Crippen LogP contribution is -2.44. The number of H-pyrrole nitrogens is 1. The molecule has 3 aromatic rings. The van der Waals surface area contributed by atoms with Crippen molar-refractivity contribution in [2.24, 2.45) is 5.92 Å². The number of hydrogen-bond acceptors (Lipinski definition) is 6. The van der Waals surface area contributed by atoms with Crippen molar-refractivity contribution in [3.05, 3.63) is 41.2 Å². The minimum atomic E-state index is -0.169. The summed E-state index contributed by atoms with van der Waals surface area (Å²) in [6.45, 7) is 7.33. The van der Waals surface area contributed by atoms with E-state index in [0.717, 1.165) is 48.6 Å². The fourth-order valence-corrected chi connectivity index (χ4v) is 4.87. The number of nitrogens with one attached hydrogen (secondary N) is 2. The van der Waals surface area contributed by atoms with Crippen molar-refractivity contribution in [3.8, 4) is 0 Å². The summed E-state index contributed by atoms with van der Waals surface area (Å²) in [7, 11) is 0. The van der Waals surface area contributed by atoms with Crippen LogP contribution in [0.3, 0.4) is 0 Å². The number of carbonyl (C=O) groups is 2. The molecule has 0 saturated carbocycles. The molecular formula is C22H28N6O2S. The van der Waals surface area contributed by atoms with E-state index < -0.39 is 0 Å². The predicted octanol–water partition coefficient (Wildman–Crippen LogP) is 3.03. The van der Waals surface area contributed by atoms with Crippen LogP contribution >= 0.6 is 11.3 Å². The molecule has 0 bridgehead atoms. The number of amides is 2. The molecule has 2 amide bonds. The van der Waals surface area contributed by atoms with Gasteiger partial charge in [0.1, 0.15) is 10.7 Å². The van der Waals surface area contributed by atoms with Crippen molar-refractivity contribution in [1.29, 1.82) is 0 Å². The highest BCUT2D eigenvalue weighted by Crippen LogP contribution is 2.28. The SMILES string of the molecule is CCN(CC)C(=O)C1CCCN(c2ncc(C(=O)NCc3nc4ccccc4[nH]3)s2)C1. The van der Waals surface area contributed by atoms with Crippen molar-refractivity contribution >= 4 is 39.3 Å². The Balaban J connectivity index is 1.36. The standard InChI is InChI=1S/C22H28N6O2S/c1-3-27(4-2)21(30)15-8-7-11-28(14-15)22-24-12-18(31-22)20(29)23-13-19-25-16-9-5-6-10-17(16)26-19/h5-6,9-10,12,15H,3-4,7-8,11,13-14H2,1-2H3,(H,23,29)(H,25,26). The zero-order chi connectivity index (χ0) is 21.8. The second-order valence-electron chi connectivity index (χ2n) is 7.69. The molecular weight excluding hydrogens is 412 g/mol. The fraction of sp³-hybridized carbons (Fsp3) is 0.455. The molecule has 1 aliphatic heterocycles. The van der Waals surface area contributed by atoms with Gasteiger partial charge in [-0.1, -0.05) is 23.5 Å². The topological polar surface area (TPSA) is 94.2 Å². The number of anilines is 1. The summed E-state index contributed by atoms with van der Waals surface area (Å²) < 4.78 is 0. The smallest absolute Gasteiger partial charge is 0.263 e. The number of hydrogen-bond donors (Lipinski definition) is 2. The number of nitrogens with zero attached hydrogens (tertiary/aromatic N) is 4. The number of aromatic nitrogens is 3. The molecule has 2 aromatic heterocycles. The third kappa shape index (κ3) is 4.71. The Hall–Kier alpha value is -2.94. The molecule has 9 heteroatoms. The summed E-state index contributed by atoms with van der Waals surface area (Å²) in [4.78, 5) is 42.1. The number of thiazole rings is 1. The van der Waals surface area contributed by atoms with E-state index in [4.69, 9.17) is 0 Å². The number of piperidine rings is 1. The van der Waals surface area contributed by atoms with E-state index in [-0.39, 0.29) is 17.7 Å².